The van der Waals surface area contributed by atoms with Gasteiger partial charge >= 0.3 is 0 Å². The molecule has 2 unspecified atom stereocenters. The molecule has 0 spiro atoms. The van der Waals surface area contributed by atoms with Gasteiger partial charge in [0.25, 0.3) is 0 Å². The molecule has 1 N–H and O–H groups in total. The van der Waals surface area contributed by atoms with Crippen LogP contribution in [0.5, 0.6) is 0 Å². The Labute approximate surface area is 122 Å². The van der Waals surface area contributed by atoms with Gasteiger partial charge in [0.1, 0.15) is 17.7 Å². The predicted molar refractivity (Wildman–Crippen MR) is 78.0 cm³/mol. The van der Waals surface area contributed by atoms with Crippen LogP contribution in [0.4, 0.5) is 14.5 Å². The minimum atomic E-state index is -0.784. The second-order valence-electron chi connectivity index (χ2n) is 5.18. The van der Waals surface area contributed by atoms with E-state index >= 15 is 0 Å². The molecular formula is C16H18F2N2O. The molecule has 0 bridgehead atoms. The number of rotatable bonds is 5. The summed E-state index contributed by atoms with van der Waals surface area (Å²) < 4.78 is 25.7. The molecule has 0 saturated heterocycles. The lowest BCUT2D eigenvalue weighted by atomic mass is 10.0. The van der Waals surface area contributed by atoms with Crippen molar-refractivity contribution in [2.75, 3.05) is 18.5 Å². The lowest BCUT2D eigenvalue weighted by molar-refractivity contribution is 0.116. The van der Waals surface area contributed by atoms with Crippen LogP contribution in [-0.4, -0.2) is 23.7 Å². The van der Waals surface area contributed by atoms with Gasteiger partial charge in [0, 0.05) is 25.2 Å². The van der Waals surface area contributed by atoms with Gasteiger partial charge in [-0.05, 0) is 36.4 Å². The Morgan fingerprint density at radius 1 is 1.10 bits per heavy atom. The molecule has 21 heavy (non-hydrogen) atoms. The van der Waals surface area contributed by atoms with Crippen LogP contribution in [0.2, 0.25) is 0 Å². The molecule has 2 atom stereocenters. The molecule has 0 amide bonds. The number of nitrogens with zero attached hydrogens (tertiary/aromatic N) is 2. The first-order chi connectivity index (χ1) is 9.97. The molecule has 0 fully saturated rings. The number of pyridine rings is 1. The Morgan fingerprint density at radius 2 is 1.71 bits per heavy atom. The monoisotopic (exact) mass is 292 g/mol. The molecule has 2 aromatic rings. The van der Waals surface area contributed by atoms with Gasteiger partial charge in [-0.3, -0.25) is 4.98 Å². The summed E-state index contributed by atoms with van der Waals surface area (Å²) in [6, 6.07) is 8.93. The van der Waals surface area contributed by atoms with E-state index in [1.165, 1.54) is 24.3 Å². The number of hydrogen-bond donors (Lipinski definition) is 1. The van der Waals surface area contributed by atoms with Crippen molar-refractivity contribution in [3.63, 3.8) is 0 Å². The van der Waals surface area contributed by atoms with Crippen LogP contribution >= 0.6 is 0 Å². The molecule has 2 rings (SSSR count). The minimum absolute atomic E-state index is 0.113. The molecule has 0 radical (unpaired) electrons. The third-order valence-corrected chi connectivity index (χ3v) is 3.42. The Kier molecular flexibility index (Phi) is 4.85. The zero-order valence-electron chi connectivity index (χ0n) is 12.0. The molecule has 0 aliphatic rings. The molecule has 0 saturated carbocycles. The van der Waals surface area contributed by atoms with Crippen LogP contribution in [0, 0.1) is 17.6 Å². The topological polar surface area (TPSA) is 36.4 Å². The molecule has 112 valence electrons. The van der Waals surface area contributed by atoms with Gasteiger partial charge in [-0.1, -0.05) is 6.92 Å². The number of hydrogen-bond acceptors (Lipinski definition) is 3. The van der Waals surface area contributed by atoms with Crippen molar-refractivity contribution >= 4 is 5.69 Å². The fourth-order valence-corrected chi connectivity index (χ4v) is 2.19. The van der Waals surface area contributed by atoms with Crippen molar-refractivity contribution in [3.8, 4) is 0 Å². The first kappa shape index (κ1) is 15.4. The van der Waals surface area contributed by atoms with E-state index in [0.717, 1.165) is 11.9 Å². The lowest BCUT2D eigenvalue weighted by Crippen LogP contribution is -2.27. The Morgan fingerprint density at radius 3 is 2.29 bits per heavy atom. The number of halogens is 2. The van der Waals surface area contributed by atoms with Gasteiger partial charge in [0.05, 0.1) is 11.9 Å². The Balaban J connectivity index is 2.01. The van der Waals surface area contributed by atoms with Crippen LogP contribution in [0.25, 0.3) is 0 Å². The van der Waals surface area contributed by atoms with E-state index in [-0.39, 0.29) is 11.7 Å². The number of anilines is 1. The third kappa shape index (κ3) is 3.98. The zero-order chi connectivity index (χ0) is 15.4. The molecule has 0 aliphatic carbocycles. The van der Waals surface area contributed by atoms with Crippen LogP contribution < -0.4 is 4.90 Å². The van der Waals surface area contributed by atoms with Crippen LogP contribution in [0.15, 0.2) is 42.6 Å². The number of aliphatic hydroxyl groups is 1. The summed E-state index contributed by atoms with van der Waals surface area (Å²) in [6.07, 6.45) is 0.308. The minimum Gasteiger partial charge on any atom is -0.386 e. The smallest absolute Gasteiger partial charge is 0.141 e. The fraction of sp³-hybridized carbons (Fsp3) is 0.312. The van der Waals surface area contributed by atoms with Crippen molar-refractivity contribution in [3.05, 3.63) is 59.9 Å². The Bertz CT molecular complexity index is 572. The van der Waals surface area contributed by atoms with E-state index in [4.69, 9.17) is 0 Å². The maximum Gasteiger partial charge on any atom is 0.141 e. The summed E-state index contributed by atoms with van der Waals surface area (Å²) in [7, 11) is 1.87. The first-order valence-corrected chi connectivity index (χ1v) is 6.73. The summed E-state index contributed by atoms with van der Waals surface area (Å²) in [4.78, 5) is 5.83. The molecule has 1 heterocycles. The third-order valence-electron chi connectivity index (χ3n) is 3.42. The second kappa shape index (κ2) is 6.63. The number of aromatic nitrogens is 1. The predicted octanol–water partition coefficient (Wildman–Crippen LogP) is 3.17. The summed E-state index contributed by atoms with van der Waals surface area (Å²) in [5, 5.41) is 10.2. The molecule has 3 nitrogen and oxygen atoms in total. The summed E-state index contributed by atoms with van der Waals surface area (Å²) in [6.45, 7) is 2.45. The maximum absolute atomic E-state index is 12.9. The van der Waals surface area contributed by atoms with Crippen molar-refractivity contribution in [2.24, 2.45) is 5.92 Å². The normalized spacial score (nSPS) is 13.8. The van der Waals surface area contributed by atoms with Crippen molar-refractivity contribution in [2.45, 2.75) is 13.0 Å². The standard InChI is InChI=1S/C16H18F2N2O/c1-11(16(21)15-8-5-13(18)9-19-15)10-20(2)14-6-3-12(17)4-7-14/h3-9,11,16,21H,10H2,1-2H3. The van der Waals surface area contributed by atoms with E-state index in [0.29, 0.717) is 12.2 Å². The summed E-state index contributed by atoms with van der Waals surface area (Å²) >= 11 is 0. The molecule has 1 aromatic heterocycles. The summed E-state index contributed by atoms with van der Waals surface area (Å²) in [5.41, 5.74) is 1.30. The van der Waals surface area contributed by atoms with E-state index in [2.05, 4.69) is 4.98 Å². The Hall–Kier alpha value is -2.01. The maximum atomic E-state index is 12.9. The number of benzene rings is 1. The molecule has 1 aromatic carbocycles. The highest BCUT2D eigenvalue weighted by Crippen LogP contribution is 2.23. The van der Waals surface area contributed by atoms with E-state index in [1.54, 1.807) is 12.1 Å². The summed E-state index contributed by atoms with van der Waals surface area (Å²) in [5.74, 6) is -0.823. The lowest BCUT2D eigenvalue weighted by Gasteiger charge is -2.26. The highest BCUT2D eigenvalue weighted by Gasteiger charge is 2.19. The second-order valence-corrected chi connectivity index (χ2v) is 5.18. The van der Waals surface area contributed by atoms with Crippen molar-refractivity contribution in [1.29, 1.82) is 0 Å². The van der Waals surface area contributed by atoms with E-state index in [9.17, 15) is 13.9 Å². The van der Waals surface area contributed by atoms with Gasteiger partial charge < -0.3 is 10.0 Å². The van der Waals surface area contributed by atoms with Gasteiger partial charge in [-0.2, -0.15) is 0 Å². The zero-order valence-corrected chi connectivity index (χ0v) is 12.0. The van der Waals surface area contributed by atoms with Gasteiger partial charge in [-0.25, -0.2) is 8.78 Å². The SMILES string of the molecule is CC(CN(C)c1ccc(F)cc1)C(O)c1ccc(F)cn1. The van der Waals surface area contributed by atoms with Gasteiger partial charge in [0.15, 0.2) is 0 Å². The van der Waals surface area contributed by atoms with E-state index in [1.807, 2.05) is 18.9 Å². The van der Waals surface area contributed by atoms with Gasteiger partial charge in [0.2, 0.25) is 0 Å². The van der Waals surface area contributed by atoms with Gasteiger partial charge in [-0.15, -0.1) is 0 Å². The first-order valence-electron chi connectivity index (χ1n) is 6.73. The number of aliphatic hydroxyl groups excluding tert-OH is 1. The van der Waals surface area contributed by atoms with Crippen molar-refractivity contribution < 1.29 is 13.9 Å². The average molecular weight is 292 g/mol. The highest BCUT2D eigenvalue weighted by molar-refractivity contribution is 5.45. The van der Waals surface area contributed by atoms with Crippen LogP contribution in [0.3, 0.4) is 0 Å². The molecular weight excluding hydrogens is 274 g/mol. The highest BCUT2D eigenvalue weighted by atomic mass is 19.1. The van der Waals surface area contributed by atoms with Crippen molar-refractivity contribution in [1.82, 2.24) is 4.98 Å². The largest absolute Gasteiger partial charge is 0.386 e. The van der Waals surface area contributed by atoms with Crippen LogP contribution in [-0.2, 0) is 0 Å². The molecule has 5 heteroatoms. The quantitative estimate of drug-likeness (QED) is 0.919. The average Bonchev–Trinajstić information content (AvgIpc) is 2.47. The molecule has 0 aliphatic heterocycles. The van der Waals surface area contributed by atoms with Crippen LogP contribution in [0.1, 0.15) is 18.7 Å². The van der Waals surface area contributed by atoms with E-state index < -0.39 is 11.9 Å². The fourth-order valence-electron chi connectivity index (χ4n) is 2.19.